The molecule has 24 heavy (non-hydrogen) atoms. The lowest BCUT2D eigenvalue weighted by atomic mass is 10.0. The largest absolute Gasteiger partial charge is 0.343 e. The molecular formula is C15H14F3N3O3. The number of fused-ring (bicyclic) bond motifs is 1. The number of halogens is 3. The minimum absolute atomic E-state index is 0.0690. The standard InChI is InChI=1S/C15H14F3N3O3/c1-7-14(23)21-3-2-20(6-12(21)13(22)19-7)15(24)8-4-10(17)11(18)5-9(8)16/h4-5,7,12H,2-3,6H2,1H3,(H,19,22)/t7-,12-/m1/s1. The number of piperazine rings is 2. The molecule has 0 radical (unpaired) electrons. The predicted molar refractivity (Wildman–Crippen MR) is 75.3 cm³/mol. The molecule has 2 aliphatic rings. The van der Waals surface area contributed by atoms with Crippen LogP contribution in [-0.4, -0.2) is 59.2 Å². The summed E-state index contributed by atoms with van der Waals surface area (Å²) in [6, 6.07) is -0.718. The summed E-state index contributed by atoms with van der Waals surface area (Å²) in [6.45, 7) is 1.60. The molecule has 2 saturated heterocycles. The van der Waals surface area contributed by atoms with E-state index in [2.05, 4.69) is 5.32 Å². The number of amides is 3. The lowest BCUT2D eigenvalue weighted by Gasteiger charge is -2.44. The fraction of sp³-hybridized carbons (Fsp3) is 0.400. The molecule has 2 heterocycles. The van der Waals surface area contributed by atoms with E-state index in [1.54, 1.807) is 6.92 Å². The molecule has 0 bridgehead atoms. The molecule has 2 aliphatic heterocycles. The van der Waals surface area contributed by atoms with Gasteiger partial charge in [0.1, 0.15) is 17.9 Å². The van der Waals surface area contributed by atoms with Crippen molar-refractivity contribution in [1.29, 1.82) is 0 Å². The number of benzene rings is 1. The van der Waals surface area contributed by atoms with Crippen LogP contribution in [0.2, 0.25) is 0 Å². The van der Waals surface area contributed by atoms with Crippen LogP contribution in [0.1, 0.15) is 17.3 Å². The third-order valence-electron chi connectivity index (χ3n) is 4.22. The molecule has 0 aliphatic carbocycles. The van der Waals surface area contributed by atoms with Crippen LogP contribution < -0.4 is 5.32 Å². The van der Waals surface area contributed by atoms with Crippen molar-refractivity contribution in [3.8, 4) is 0 Å². The van der Waals surface area contributed by atoms with E-state index < -0.39 is 46.9 Å². The molecule has 3 amide bonds. The molecule has 1 aromatic carbocycles. The van der Waals surface area contributed by atoms with Crippen LogP contribution >= 0.6 is 0 Å². The molecule has 0 aromatic heterocycles. The summed E-state index contributed by atoms with van der Waals surface area (Å²) in [5.74, 6) is -5.43. The van der Waals surface area contributed by atoms with Gasteiger partial charge in [-0.15, -0.1) is 0 Å². The van der Waals surface area contributed by atoms with Gasteiger partial charge in [0.05, 0.1) is 12.1 Å². The van der Waals surface area contributed by atoms with Crippen LogP contribution in [0.3, 0.4) is 0 Å². The van der Waals surface area contributed by atoms with E-state index >= 15 is 0 Å². The van der Waals surface area contributed by atoms with E-state index in [0.29, 0.717) is 12.1 Å². The summed E-state index contributed by atoms with van der Waals surface area (Å²) >= 11 is 0. The SMILES string of the molecule is C[C@H]1NC(=O)[C@H]2CN(C(=O)c3cc(F)c(F)cc3F)CCN2C1=O. The minimum atomic E-state index is -1.39. The van der Waals surface area contributed by atoms with E-state index in [1.807, 2.05) is 0 Å². The quantitative estimate of drug-likeness (QED) is 0.746. The second-order valence-electron chi connectivity index (χ2n) is 5.78. The molecule has 0 unspecified atom stereocenters. The number of hydrogen-bond donors (Lipinski definition) is 1. The van der Waals surface area contributed by atoms with Gasteiger partial charge in [0.25, 0.3) is 5.91 Å². The van der Waals surface area contributed by atoms with Gasteiger partial charge in [-0.2, -0.15) is 0 Å². The minimum Gasteiger partial charge on any atom is -0.343 e. The molecule has 0 spiro atoms. The first-order valence-electron chi connectivity index (χ1n) is 7.34. The Labute approximate surface area is 135 Å². The van der Waals surface area contributed by atoms with E-state index in [-0.39, 0.29) is 25.5 Å². The van der Waals surface area contributed by atoms with Crippen molar-refractivity contribution in [2.75, 3.05) is 19.6 Å². The van der Waals surface area contributed by atoms with E-state index in [0.717, 1.165) is 4.90 Å². The highest BCUT2D eigenvalue weighted by Crippen LogP contribution is 2.20. The maximum atomic E-state index is 13.8. The van der Waals surface area contributed by atoms with Gasteiger partial charge in [0.15, 0.2) is 11.6 Å². The van der Waals surface area contributed by atoms with Gasteiger partial charge in [0.2, 0.25) is 11.8 Å². The van der Waals surface area contributed by atoms with Crippen LogP contribution in [-0.2, 0) is 9.59 Å². The Kier molecular flexibility index (Phi) is 3.94. The number of hydrogen-bond acceptors (Lipinski definition) is 3. The van der Waals surface area contributed by atoms with Gasteiger partial charge >= 0.3 is 0 Å². The molecule has 6 nitrogen and oxygen atoms in total. The molecule has 1 N–H and O–H groups in total. The molecule has 3 rings (SSSR count). The highest BCUT2D eigenvalue weighted by Gasteiger charge is 2.43. The molecule has 2 atom stereocenters. The Hall–Kier alpha value is -2.58. The van der Waals surface area contributed by atoms with Crippen molar-refractivity contribution in [3.63, 3.8) is 0 Å². The third kappa shape index (κ3) is 2.59. The average Bonchev–Trinajstić information content (AvgIpc) is 2.55. The lowest BCUT2D eigenvalue weighted by Crippen LogP contribution is -2.69. The van der Waals surface area contributed by atoms with Gasteiger partial charge in [-0.3, -0.25) is 14.4 Å². The zero-order valence-corrected chi connectivity index (χ0v) is 12.7. The number of nitrogens with zero attached hydrogens (tertiary/aromatic N) is 2. The molecule has 1 aromatic rings. The third-order valence-corrected chi connectivity index (χ3v) is 4.22. The zero-order chi connectivity index (χ0) is 17.6. The molecular weight excluding hydrogens is 327 g/mol. The Balaban J connectivity index is 1.83. The predicted octanol–water partition coefficient (Wildman–Crippen LogP) is 0.275. The number of rotatable bonds is 1. The fourth-order valence-corrected chi connectivity index (χ4v) is 2.93. The number of carbonyl (C=O) groups excluding carboxylic acids is 3. The first-order valence-corrected chi connectivity index (χ1v) is 7.34. The van der Waals surface area contributed by atoms with Crippen LogP contribution in [0.5, 0.6) is 0 Å². The molecule has 9 heteroatoms. The van der Waals surface area contributed by atoms with Crippen LogP contribution in [0, 0.1) is 17.5 Å². The van der Waals surface area contributed by atoms with Gasteiger partial charge in [-0.05, 0) is 13.0 Å². The monoisotopic (exact) mass is 341 g/mol. The summed E-state index contributed by atoms with van der Waals surface area (Å²) < 4.78 is 40.0. The number of carbonyl (C=O) groups is 3. The van der Waals surface area contributed by atoms with Crippen molar-refractivity contribution in [2.45, 2.75) is 19.0 Å². The van der Waals surface area contributed by atoms with Crippen molar-refractivity contribution < 1.29 is 27.6 Å². The van der Waals surface area contributed by atoms with Gasteiger partial charge in [-0.25, -0.2) is 13.2 Å². The highest BCUT2D eigenvalue weighted by molar-refractivity contribution is 5.99. The Bertz CT molecular complexity index is 740. The summed E-state index contributed by atoms with van der Waals surface area (Å²) in [4.78, 5) is 39.0. The van der Waals surface area contributed by atoms with Gasteiger partial charge < -0.3 is 15.1 Å². The highest BCUT2D eigenvalue weighted by atomic mass is 19.2. The Morgan fingerprint density at radius 1 is 1.12 bits per heavy atom. The van der Waals surface area contributed by atoms with Crippen molar-refractivity contribution in [2.24, 2.45) is 0 Å². The van der Waals surface area contributed by atoms with E-state index in [1.165, 1.54) is 4.90 Å². The summed E-state index contributed by atoms with van der Waals surface area (Å²) in [6.07, 6.45) is 0. The lowest BCUT2D eigenvalue weighted by molar-refractivity contribution is -0.151. The zero-order valence-electron chi connectivity index (χ0n) is 12.7. The normalized spacial score (nSPS) is 23.8. The number of nitrogens with one attached hydrogen (secondary N) is 1. The van der Waals surface area contributed by atoms with Crippen LogP contribution in [0.4, 0.5) is 13.2 Å². The molecule has 2 fully saturated rings. The van der Waals surface area contributed by atoms with E-state index in [4.69, 9.17) is 0 Å². The first-order chi connectivity index (χ1) is 11.3. The van der Waals surface area contributed by atoms with Crippen LogP contribution in [0.25, 0.3) is 0 Å². The summed E-state index contributed by atoms with van der Waals surface area (Å²) in [7, 11) is 0. The average molecular weight is 341 g/mol. The van der Waals surface area contributed by atoms with Gasteiger partial charge in [0, 0.05) is 19.2 Å². The Morgan fingerprint density at radius 3 is 2.50 bits per heavy atom. The molecule has 0 saturated carbocycles. The van der Waals surface area contributed by atoms with E-state index in [9.17, 15) is 27.6 Å². The van der Waals surface area contributed by atoms with Crippen molar-refractivity contribution >= 4 is 17.7 Å². The second-order valence-corrected chi connectivity index (χ2v) is 5.78. The molecule has 128 valence electrons. The summed E-state index contributed by atoms with van der Waals surface area (Å²) in [5, 5.41) is 2.50. The van der Waals surface area contributed by atoms with Crippen molar-refractivity contribution in [1.82, 2.24) is 15.1 Å². The smallest absolute Gasteiger partial charge is 0.257 e. The first kappa shape index (κ1) is 16.3. The summed E-state index contributed by atoms with van der Waals surface area (Å²) in [5.41, 5.74) is -0.613. The Morgan fingerprint density at radius 2 is 1.79 bits per heavy atom. The van der Waals surface area contributed by atoms with Crippen LogP contribution in [0.15, 0.2) is 12.1 Å². The maximum absolute atomic E-state index is 13.8. The fourth-order valence-electron chi connectivity index (χ4n) is 2.93. The second kappa shape index (κ2) is 5.81. The topological polar surface area (TPSA) is 69.7 Å². The van der Waals surface area contributed by atoms with Gasteiger partial charge in [-0.1, -0.05) is 0 Å². The van der Waals surface area contributed by atoms with Crippen molar-refractivity contribution in [3.05, 3.63) is 35.1 Å². The maximum Gasteiger partial charge on any atom is 0.257 e.